The average Bonchev–Trinajstić information content (AvgIpc) is 3.19. The van der Waals surface area contributed by atoms with Crippen molar-refractivity contribution in [2.24, 2.45) is 0 Å². The molecule has 4 rings (SSSR count). The van der Waals surface area contributed by atoms with Crippen LogP contribution in [-0.4, -0.2) is 55.6 Å². The van der Waals surface area contributed by atoms with Gasteiger partial charge in [0.15, 0.2) is 0 Å². The van der Waals surface area contributed by atoms with Gasteiger partial charge in [-0.1, -0.05) is 25.7 Å². The maximum absolute atomic E-state index is 12.9. The highest BCUT2D eigenvalue weighted by atomic mass is 16.1. The maximum Gasteiger partial charge on any atom is 0.252 e. The van der Waals surface area contributed by atoms with Crippen molar-refractivity contribution in [2.75, 3.05) is 19.6 Å². The average molecular weight is 385 g/mol. The maximum atomic E-state index is 12.9. The number of fused-ring (bicyclic) bond motifs is 1. The van der Waals surface area contributed by atoms with Gasteiger partial charge in [-0.05, 0) is 52.6 Å². The van der Waals surface area contributed by atoms with Crippen LogP contribution < -0.4 is 5.32 Å². The van der Waals surface area contributed by atoms with Gasteiger partial charge in [-0.25, -0.2) is 9.50 Å². The first kappa shape index (κ1) is 19.3. The predicted molar refractivity (Wildman–Crippen MR) is 108 cm³/mol. The molecule has 7 heteroatoms. The summed E-state index contributed by atoms with van der Waals surface area (Å²) in [6.07, 6.45) is 12.1. The molecular formula is C21H32N6O. The van der Waals surface area contributed by atoms with E-state index in [1.807, 2.05) is 13.8 Å². The standard InChI is InChI=1S/C21H32N6O/c1-16-18(17(2)27-20(25-16)23-15-24-27)13-19(28)22-14-21(9-5-3-6-10-21)26-11-7-4-8-12-26/h15H,3-14H2,1-2H3,(H,22,28). The second-order valence-corrected chi connectivity index (χ2v) is 8.52. The zero-order chi connectivity index (χ0) is 19.6. The van der Waals surface area contributed by atoms with Gasteiger partial charge >= 0.3 is 0 Å². The Kier molecular flexibility index (Phi) is 5.62. The number of nitrogens with one attached hydrogen (secondary N) is 1. The summed E-state index contributed by atoms with van der Waals surface area (Å²) < 4.78 is 1.71. The summed E-state index contributed by atoms with van der Waals surface area (Å²) in [6.45, 7) is 7.06. The highest BCUT2D eigenvalue weighted by Crippen LogP contribution is 2.35. The molecule has 1 aliphatic heterocycles. The van der Waals surface area contributed by atoms with Crippen LogP contribution in [0.4, 0.5) is 0 Å². The number of hydrogen-bond donors (Lipinski definition) is 1. The van der Waals surface area contributed by atoms with Crippen LogP contribution >= 0.6 is 0 Å². The summed E-state index contributed by atoms with van der Waals surface area (Å²) in [4.78, 5) is 24.2. The number of amides is 1. The van der Waals surface area contributed by atoms with Crippen LogP contribution in [0.3, 0.4) is 0 Å². The van der Waals surface area contributed by atoms with E-state index in [0.29, 0.717) is 12.2 Å². The second kappa shape index (κ2) is 8.15. The number of nitrogens with zero attached hydrogens (tertiary/aromatic N) is 5. The predicted octanol–water partition coefficient (Wildman–Crippen LogP) is 2.59. The van der Waals surface area contributed by atoms with Crippen molar-refractivity contribution in [3.63, 3.8) is 0 Å². The minimum atomic E-state index is 0.0782. The van der Waals surface area contributed by atoms with Crippen molar-refractivity contribution in [1.29, 1.82) is 0 Å². The van der Waals surface area contributed by atoms with Crippen LogP contribution in [0.2, 0.25) is 0 Å². The van der Waals surface area contributed by atoms with Crippen LogP contribution in [0.1, 0.15) is 68.3 Å². The molecule has 0 aromatic carbocycles. The van der Waals surface area contributed by atoms with E-state index in [1.165, 1.54) is 70.8 Å². The van der Waals surface area contributed by atoms with Gasteiger partial charge in [0.1, 0.15) is 6.33 Å². The lowest BCUT2D eigenvalue weighted by atomic mass is 9.79. The monoisotopic (exact) mass is 384 g/mol. The van der Waals surface area contributed by atoms with Gasteiger partial charge in [-0.2, -0.15) is 10.1 Å². The molecule has 0 unspecified atom stereocenters. The Bertz CT molecular complexity index is 833. The lowest BCUT2D eigenvalue weighted by Gasteiger charge is -2.48. The fourth-order valence-electron chi connectivity index (χ4n) is 5.08. The van der Waals surface area contributed by atoms with E-state index in [4.69, 9.17) is 0 Å². The molecule has 0 radical (unpaired) electrons. The number of aryl methyl sites for hydroxylation is 2. The highest BCUT2D eigenvalue weighted by Gasteiger charge is 2.38. The van der Waals surface area contributed by atoms with Gasteiger partial charge in [-0.15, -0.1) is 0 Å². The molecule has 3 heterocycles. The number of likely N-dealkylation sites (tertiary alicyclic amines) is 1. The van der Waals surface area contributed by atoms with E-state index in [0.717, 1.165) is 23.5 Å². The molecule has 2 fully saturated rings. The normalized spacial score (nSPS) is 20.4. The van der Waals surface area contributed by atoms with Crippen LogP contribution in [0.15, 0.2) is 6.33 Å². The van der Waals surface area contributed by atoms with Crippen LogP contribution in [0.5, 0.6) is 0 Å². The van der Waals surface area contributed by atoms with Crippen LogP contribution in [0, 0.1) is 13.8 Å². The van der Waals surface area contributed by atoms with Crippen LogP contribution in [-0.2, 0) is 11.2 Å². The fourth-order valence-corrected chi connectivity index (χ4v) is 5.08. The molecule has 2 aliphatic rings. The lowest BCUT2D eigenvalue weighted by Crippen LogP contribution is -2.58. The third-order valence-corrected chi connectivity index (χ3v) is 6.75. The third-order valence-electron chi connectivity index (χ3n) is 6.75. The van der Waals surface area contributed by atoms with Gasteiger partial charge in [0.25, 0.3) is 5.78 Å². The van der Waals surface area contributed by atoms with E-state index in [-0.39, 0.29) is 11.4 Å². The van der Waals surface area contributed by atoms with E-state index in [2.05, 4.69) is 25.3 Å². The Hall–Kier alpha value is -2.02. The molecule has 2 aromatic rings. The van der Waals surface area contributed by atoms with Crippen LogP contribution in [0.25, 0.3) is 5.78 Å². The molecule has 7 nitrogen and oxygen atoms in total. The van der Waals surface area contributed by atoms with Crippen molar-refractivity contribution >= 4 is 11.7 Å². The van der Waals surface area contributed by atoms with E-state index in [1.54, 1.807) is 4.52 Å². The van der Waals surface area contributed by atoms with Gasteiger partial charge in [0.2, 0.25) is 5.91 Å². The summed E-state index contributed by atoms with van der Waals surface area (Å²) in [6, 6.07) is 0. The van der Waals surface area contributed by atoms with Crippen molar-refractivity contribution in [3.05, 3.63) is 23.3 Å². The summed E-state index contributed by atoms with van der Waals surface area (Å²) in [5.74, 6) is 0.667. The Morgan fingerprint density at radius 1 is 1.11 bits per heavy atom. The van der Waals surface area contributed by atoms with E-state index < -0.39 is 0 Å². The van der Waals surface area contributed by atoms with E-state index >= 15 is 0 Å². The Balaban J connectivity index is 1.45. The smallest absolute Gasteiger partial charge is 0.252 e. The topological polar surface area (TPSA) is 75.4 Å². The molecular weight excluding hydrogens is 352 g/mol. The first-order chi connectivity index (χ1) is 13.6. The summed E-state index contributed by atoms with van der Waals surface area (Å²) in [5, 5.41) is 7.51. The molecule has 0 atom stereocenters. The first-order valence-corrected chi connectivity index (χ1v) is 10.8. The fraction of sp³-hybridized carbons (Fsp3) is 0.714. The number of carbonyl (C=O) groups is 1. The third kappa shape index (κ3) is 3.77. The molecule has 0 spiro atoms. The molecule has 0 bridgehead atoms. The van der Waals surface area contributed by atoms with Crippen molar-refractivity contribution in [3.8, 4) is 0 Å². The number of rotatable bonds is 5. The van der Waals surface area contributed by atoms with Crippen molar-refractivity contribution in [1.82, 2.24) is 29.8 Å². The minimum absolute atomic E-state index is 0.0782. The number of aromatic nitrogens is 4. The summed E-state index contributed by atoms with van der Waals surface area (Å²) >= 11 is 0. The quantitative estimate of drug-likeness (QED) is 0.858. The molecule has 28 heavy (non-hydrogen) atoms. The SMILES string of the molecule is Cc1nc2ncnn2c(C)c1CC(=O)NCC1(N2CCCCC2)CCCCC1. The summed E-state index contributed by atoms with van der Waals surface area (Å²) in [5.41, 5.74) is 2.91. The Labute approximate surface area is 166 Å². The highest BCUT2D eigenvalue weighted by molar-refractivity contribution is 5.79. The largest absolute Gasteiger partial charge is 0.354 e. The molecule has 152 valence electrons. The molecule has 1 N–H and O–H groups in total. The summed E-state index contributed by atoms with van der Waals surface area (Å²) in [7, 11) is 0. The Morgan fingerprint density at radius 3 is 2.57 bits per heavy atom. The van der Waals surface area contributed by atoms with Gasteiger partial charge < -0.3 is 5.32 Å². The van der Waals surface area contributed by atoms with Gasteiger partial charge in [0, 0.05) is 29.0 Å². The number of piperidine rings is 1. The first-order valence-electron chi connectivity index (χ1n) is 10.8. The molecule has 1 aliphatic carbocycles. The van der Waals surface area contributed by atoms with Crippen molar-refractivity contribution < 1.29 is 4.79 Å². The van der Waals surface area contributed by atoms with Gasteiger partial charge in [0.05, 0.1) is 6.42 Å². The molecule has 1 saturated heterocycles. The van der Waals surface area contributed by atoms with E-state index in [9.17, 15) is 4.79 Å². The Morgan fingerprint density at radius 2 is 1.82 bits per heavy atom. The molecule has 1 amide bonds. The number of carbonyl (C=O) groups excluding carboxylic acids is 1. The van der Waals surface area contributed by atoms with Gasteiger partial charge in [-0.3, -0.25) is 9.69 Å². The second-order valence-electron chi connectivity index (χ2n) is 8.52. The lowest BCUT2D eigenvalue weighted by molar-refractivity contribution is -0.121. The zero-order valence-corrected chi connectivity index (χ0v) is 17.2. The van der Waals surface area contributed by atoms with Crippen molar-refractivity contribution in [2.45, 2.75) is 77.2 Å². The molecule has 1 saturated carbocycles. The zero-order valence-electron chi connectivity index (χ0n) is 17.2. The molecule has 2 aromatic heterocycles. The minimum Gasteiger partial charge on any atom is -0.354 e. The number of hydrogen-bond acceptors (Lipinski definition) is 5.